The van der Waals surface area contributed by atoms with E-state index in [2.05, 4.69) is 10.3 Å². The second-order valence-corrected chi connectivity index (χ2v) is 3.54. The van der Waals surface area contributed by atoms with Gasteiger partial charge in [-0.15, -0.1) is 0 Å². The molecule has 1 unspecified atom stereocenters. The van der Waals surface area contributed by atoms with Crippen molar-refractivity contribution in [2.45, 2.75) is 6.04 Å². The molecule has 0 saturated heterocycles. The standard InChI is InChI=1S/C12H18N2O4/c1-16-7-6-13-11(12(15)18-3)9-4-5-10(17-2)14-8-9/h4-5,8,11,13H,6-7H2,1-3H3. The molecule has 0 amide bonds. The number of nitrogens with zero attached hydrogens (tertiary/aromatic N) is 1. The first-order chi connectivity index (χ1) is 8.72. The number of esters is 1. The van der Waals surface area contributed by atoms with E-state index in [4.69, 9.17) is 14.2 Å². The fourth-order valence-corrected chi connectivity index (χ4v) is 1.44. The average Bonchev–Trinajstić information content (AvgIpc) is 2.43. The predicted octanol–water partition coefficient (Wildman–Crippen LogP) is 0.540. The fourth-order valence-electron chi connectivity index (χ4n) is 1.44. The van der Waals surface area contributed by atoms with Crippen LogP contribution >= 0.6 is 0 Å². The van der Waals surface area contributed by atoms with Gasteiger partial charge in [-0.3, -0.25) is 5.32 Å². The Labute approximate surface area is 106 Å². The summed E-state index contributed by atoms with van der Waals surface area (Å²) in [6, 6.07) is 2.92. The summed E-state index contributed by atoms with van der Waals surface area (Å²) < 4.78 is 14.6. The Morgan fingerprint density at radius 2 is 2.17 bits per heavy atom. The van der Waals surface area contributed by atoms with Crippen molar-refractivity contribution in [3.8, 4) is 5.88 Å². The van der Waals surface area contributed by atoms with Crippen LogP contribution in [0.2, 0.25) is 0 Å². The van der Waals surface area contributed by atoms with E-state index in [9.17, 15) is 4.79 Å². The first kappa shape index (κ1) is 14.4. The van der Waals surface area contributed by atoms with Crippen LogP contribution in [0.5, 0.6) is 5.88 Å². The predicted molar refractivity (Wildman–Crippen MR) is 65.4 cm³/mol. The molecule has 0 aliphatic rings. The molecule has 0 aromatic carbocycles. The Kier molecular flexibility index (Phi) is 6.10. The van der Waals surface area contributed by atoms with Crippen molar-refractivity contribution in [3.63, 3.8) is 0 Å². The molecule has 0 radical (unpaired) electrons. The highest BCUT2D eigenvalue weighted by atomic mass is 16.5. The summed E-state index contributed by atoms with van der Waals surface area (Å²) in [5.74, 6) is 0.136. The normalized spacial score (nSPS) is 11.9. The third kappa shape index (κ3) is 3.97. The third-order valence-corrected chi connectivity index (χ3v) is 2.39. The molecule has 0 spiro atoms. The van der Waals surface area contributed by atoms with Crippen molar-refractivity contribution < 1.29 is 19.0 Å². The number of methoxy groups -OCH3 is 3. The minimum atomic E-state index is -0.552. The smallest absolute Gasteiger partial charge is 0.327 e. The lowest BCUT2D eigenvalue weighted by Gasteiger charge is -2.16. The van der Waals surface area contributed by atoms with Gasteiger partial charge >= 0.3 is 5.97 Å². The maximum atomic E-state index is 11.7. The van der Waals surface area contributed by atoms with Crippen LogP contribution in [0.1, 0.15) is 11.6 Å². The van der Waals surface area contributed by atoms with Crippen LogP contribution in [0, 0.1) is 0 Å². The summed E-state index contributed by atoms with van der Waals surface area (Å²) in [5.41, 5.74) is 0.721. The number of carbonyl (C=O) groups excluding carboxylic acids is 1. The first-order valence-corrected chi connectivity index (χ1v) is 5.53. The van der Waals surface area contributed by atoms with Gasteiger partial charge in [0.15, 0.2) is 0 Å². The number of nitrogens with one attached hydrogen (secondary N) is 1. The maximum Gasteiger partial charge on any atom is 0.327 e. The molecule has 0 aliphatic heterocycles. The molecule has 0 saturated carbocycles. The molecule has 1 N–H and O–H groups in total. The van der Waals surface area contributed by atoms with Crippen LogP contribution in [-0.4, -0.2) is 45.4 Å². The lowest BCUT2D eigenvalue weighted by atomic mass is 10.1. The molecule has 1 atom stereocenters. The Morgan fingerprint density at radius 3 is 2.67 bits per heavy atom. The van der Waals surface area contributed by atoms with E-state index in [1.165, 1.54) is 14.2 Å². The van der Waals surface area contributed by atoms with Crippen molar-refractivity contribution in [2.24, 2.45) is 0 Å². The molecule has 1 aromatic rings. The van der Waals surface area contributed by atoms with E-state index in [-0.39, 0.29) is 5.97 Å². The molecule has 1 heterocycles. The minimum Gasteiger partial charge on any atom is -0.481 e. The van der Waals surface area contributed by atoms with Gasteiger partial charge in [0.05, 0.1) is 20.8 Å². The van der Waals surface area contributed by atoms with Crippen molar-refractivity contribution in [1.82, 2.24) is 10.3 Å². The lowest BCUT2D eigenvalue weighted by Crippen LogP contribution is -2.32. The lowest BCUT2D eigenvalue weighted by molar-refractivity contribution is -0.143. The Balaban J connectivity index is 2.76. The molecular weight excluding hydrogens is 236 g/mol. The van der Waals surface area contributed by atoms with Gasteiger partial charge in [0.2, 0.25) is 5.88 Å². The number of pyridine rings is 1. The zero-order valence-electron chi connectivity index (χ0n) is 10.8. The second-order valence-electron chi connectivity index (χ2n) is 3.54. The van der Waals surface area contributed by atoms with Crippen LogP contribution in [0.4, 0.5) is 0 Å². The van der Waals surface area contributed by atoms with Crippen LogP contribution in [0.3, 0.4) is 0 Å². The average molecular weight is 254 g/mol. The Hall–Kier alpha value is -1.66. The van der Waals surface area contributed by atoms with E-state index < -0.39 is 6.04 Å². The number of hydrogen-bond donors (Lipinski definition) is 1. The zero-order chi connectivity index (χ0) is 13.4. The van der Waals surface area contributed by atoms with Gasteiger partial charge in [-0.25, -0.2) is 9.78 Å². The van der Waals surface area contributed by atoms with Gasteiger partial charge in [0.25, 0.3) is 0 Å². The van der Waals surface area contributed by atoms with Gasteiger partial charge < -0.3 is 14.2 Å². The Bertz CT molecular complexity index is 367. The van der Waals surface area contributed by atoms with E-state index in [1.807, 2.05) is 0 Å². The van der Waals surface area contributed by atoms with Crippen molar-refractivity contribution >= 4 is 5.97 Å². The maximum absolute atomic E-state index is 11.7. The van der Waals surface area contributed by atoms with Crippen LogP contribution < -0.4 is 10.1 Å². The first-order valence-electron chi connectivity index (χ1n) is 5.53. The summed E-state index contributed by atoms with van der Waals surface area (Å²) in [5, 5.41) is 3.04. The number of ether oxygens (including phenoxy) is 3. The number of rotatable bonds is 7. The molecule has 6 nitrogen and oxygen atoms in total. The summed E-state index contributed by atoms with van der Waals surface area (Å²) in [6.07, 6.45) is 1.58. The number of carbonyl (C=O) groups is 1. The second kappa shape index (κ2) is 7.62. The highest BCUT2D eigenvalue weighted by Crippen LogP contribution is 2.16. The molecule has 100 valence electrons. The van der Waals surface area contributed by atoms with Gasteiger partial charge in [0.1, 0.15) is 6.04 Å². The van der Waals surface area contributed by atoms with Gasteiger partial charge in [-0.1, -0.05) is 0 Å². The van der Waals surface area contributed by atoms with Gasteiger partial charge in [-0.2, -0.15) is 0 Å². The number of aromatic nitrogens is 1. The van der Waals surface area contributed by atoms with Crippen molar-refractivity contribution in [1.29, 1.82) is 0 Å². The minimum absolute atomic E-state index is 0.363. The van der Waals surface area contributed by atoms with Crippen LogP contribution in [-0.2, 0) is 14.3 Å². The third-order valence-electron chi connectivity index (χ3n) is 2.39. The van der Waals surface area contributed by atoms with E-state index in [1.54, 1.807) is 25.4 Å². The molecule has 1 rings (SSSR count). The van der Waals surface area contributed by atoms with Crippen molar-refractivity contribution in [3.05, 3.63) is 23.9 Å². The highest BCUT2D eigenvalue weighted by Gasteiger charge is 2.20. The SMILES string of the molecule is COCCNC(C(=O)OC)c1ccc(OC)nc1. The van der Waals surface area contributed by atoms with E-state index in [0.29, 0.717) is 19.0 Å². The highest BCUT2D eigenvalue weighted by molar-refractivity contribution is 5.77. The Morgan fingerprint density at radius 1 is 1.39 bits per heavy atom. The van der Waals surface area contributed by atoms with Gasteiger partial charge in [0, 0.05) is 25.9 Å². The quantitative estimate of drug-likeness (QED) is 0.566. The van der Waals surface area contributed by atoms with Crippen LogP contribution in [0.25, 0.3) is 0 Å². The molecule has 0 aliphatic carbocycles. The molecule has 1 aromatic heterocycles. The van der Waals surface area contributed by atoms with Crippen molar-refractivity contribution in [2.75, 3.05) is 34.5 Å². The summed E-state index contributed by atoms with van der Waals surface area (Å²) in [4.78, 5) is 15.7. The number of hydrogen-bond acceptors (Lipinski definition) is 6. The molecule has 0 fully saturated rings. The summed E-state index contributed by atoms with van der Waals surface area (Å²) in [7, 11) is 4.49. The molecule has 6 heteroatoms. The molecular formula is C12H18N2O4. The van der Waals surface area contributed by atoms with E-state index >= 15 is 0 Å². The molecule has 18 heavy (non-hydrogen) atoms. The summed E-state index contributed by atoms with van der Waals surface area (Å²) in [6.45, 7) is 1.05. The van der Waals surface area contributed by atoms with Crippen LogP contribution in [0.15, 0.2) is 18.3 Å². The van der Waals surface area contributed by atoms with Gasteiger partial charge in [-0.05, 0) is 11.6 Å². The fraction of sp³-hybridized carbons (Fsp3) is 0.500. The monoisotopic (exact) mass is 254 g/mol. The molecule has 0 bridgehead atoms. The zero-order valence-corrected chi connectivity index (χ0v) is 10.8. The summed E-state index contributed by atoms with van der Waals surface area (Å²) >= 11 is 0. The topological polar surface area (TPSA) is 69.7 Å². The van der Waals surface area contributed by atoms with E-state index in [0.717, 1.165) is 5.56 Å². The largest absolute Gasteiger partial charge is 0.481 e.